The van der Waals surface area contributed by atoms with Crippen LogP contribution in [-0.2, 0) is 20.6 Å². The number of hydrogen-bond acceptors (Lipinski definition) is 4. The quantitative estimate of drug-likeness (QED) is 0.103. The molecule has 5 heteroatoms. The summed E-state index contributed by atoms with van der Waals surface area (Å²) in [4.78, 5) is 12.3. The predicted octanol–water partition coefficient (Wildman–Crippen LogP) is 7.71. The summed E-state index contributed by atoms with van der Waals surface area (Å²) in [5, 5.41) is 0.143. The fourth-order valence-electron chi connectivity index (χ4n) is 3.24. The van der Waals surface area contributed by atoms with E-state index in [1.807, 2.05) is 24.3 Å². The van der Waals surface area contributed by atoms with E-state index >= 15 is 0 Å². The number of carbonyl (C=O) groups is 1. The second-order valence-electron chi connectivity index (χ2n) is 10.6. The number of ether oxygens (including phenoxy) is 2. The molecule has 1 rings (SSSR count). The van der Waals surface area contributed by atoms with Gasteiger partial charge >= 0.3 is 0 Å². The SMILES string of the molecule is CCCC[C@H](C#CC(=O)CCCCCCCOCc1ccc(OC)cc1)O[Si](C)(C)C(C)(C)C. The van der Waals surface area contributed by atoms with Crippen LogP contribution in [-0.4, -0.2) is 33.9 Å². The van der Waals surface area contributed by atoms with Crippen molar-refractivity contribution in [3.05, 3.63) is 29.8 Å². The van der Waals surface area contributed by atoms with E-state index in [-0.39, 0.29) is 16.9 Å². The van der Waals surface area contributed by atoms with E-state index in [9.17, 15) is 4.79 Å². The summed E-state index contributed by atoms with van der Waals surface area (Å²) >= 11 is 0. The third-order valence-electron chi connectivity index (χ3n) is 6.56. The molecule has 0 amide bonds. The Morgan fingerprint density at radius 1 is 1.00 bits per heavy atom. The van der Waals surface area contributed by atoms with Crippen LogP contribution in [0.1, 0.15) is 91.0 Å². The minimum absolute atomic E-state index is 0.0446. The number of Topliss-reactive ketones (excluding diaryl/α,β-unsaturated/α-hetero) is 1. The first-order valence-electron chi connectivity index (χ1n) is 13.0. The average Bonchev–Trinajstić information content (AvgIpc) is 2.79. The van der Waals surface area contributed by atoms with Crippen molar-refractivity contribution in [3.63, 3.8) is 0 Å². The Morgan fingerprint density at radius 2 is 1.65 bits per heavy atom. The maximum absolute atomic E-state index is 12.3. The number of ketones is 1. The molecular weight excluding hydrogens is 440 g/mol. The molecule has 0 saturated carbocycles. The van der Waals surface area contributed by atoms with E-state index in [1.165, 1.54) is 0 Å². The van der Waals surface area contributed by atoms with Gasteiger partial charge in [-0.25, -0.2) is 0 Å². The number of carbonyl (C=O) groups excluding carboxylic acids is 1. The number of hydrogen-bond donors (Lipinski definition) is 0. The zero-order valence-electron chi connectivity index (χ0n) is 22.8. The Bertz CT molecular complexity index is 753. The first kappa shape index (κ1) is 30.4. The Kier molecular flexibility index (Phi) is 14.4. The van der Waals surface area contributed by atoms with Crippen LogP contribution in [0.25, 0.3) is 0 Å². The van der Waals surface area contributed by atoms with Crippen molar-refractivity contribution in [2.45, 2.75) is 116 Å². The summed E-state index contributed by atoms with van der Waals surface area (Å²) in [6.07, 6.45) is 8.78. The second-order valence-corrected chi connectivity index (χ2v) is 15.4. The van der Waals surface area contributed by atoms with Gasteiger partial charge < -0.3 is 13.9 Å². The van der Waals surface area contributed by atoms with E-state index in [4.69, 9.17) is 13.9 Å². The largest absolute Gasteiger partial charge is 0.497 e. The van der Waals surface area contributed by atoms with Crippen LogP contribution in [0.4, 0.5) is 0 Å². The van der Waals surface area contributed by atoms with Crippen molar-refractivity contribution in [2.24, 2.45) is 0 Å². The van der Waals surface area contributed by atoms with Crippen molar-refractivity contribution in [1.82, 2.24) is 0 Å². The van der Waals surface area contributed by atoms with Crippen LogP contribution in [0.3, 0.4) is 0 Å². The highest BCUT2D eigenvalue weighted by molar-refractivity contribution is 6.74. The summed E-state index contributed by atoms with van der Waals surface area (Å²) in [6, 6.07) is 7.98. The molecule has 0 aromatic heterocycles. The molecule has 192 valence electrons. The van der Waals surface area contributed by atoms with E-state index in [2.05, 4.69) is 52.6 Å². The first-order chi connectivity index (χ1) is 16.1. The molecule has 1 atom stereocenters. The van der Waals surface area contributed by atoms with Gasteiger partial charge in [-0.05, 0) is 61.0 Å². The second kappa shape index (κ2) is 16.1. The molecule has 0 saturated heterocycles. The molecular formula is C29H48O4Si. The predicted molar refractivity (Wildman–Crippen MR) is 145 cm³/mol. The first-order valence-corrected chi connectivity index (χ1v) is 15.9. The van der Waals surface area contributed by atoms with Crippen molar-refractivity contribution in [3.8, 4) is 17.6 Å². The lowest BCUT2D eigenvalue weighted by molar-refractivity contribution is -0.113. The van der Waals surface area contributed by atoms with E-state index < -0.39 is 8.32 Å². The lowest BCUT2D eigenvalue weighted by Gasteiger charge is -2.38. The van der Waals surface area contributed by atoms with Gasteiger partial charge in [0.05, 0.1) is 13.7 Å². The zero-order valence-corrected chi connectivity index (χ0v) is 23.8. The number of rotatable bonds is 16. The van der Waals surface area contributed by atoms with Gasteiger partial charge in [-0.1, -0.05) is 77.9 Å². The third-order valence-corrected chi connectivity index (χ3v) is 11.0. The number of unbranched alkanes of at least 4 members (excludes halogenated alkanes) is 5. The molecule has 0 aliphatic rings. The monoisotopic (exact) mass is 488 g/mol. The highest BCUT2D eigenvalue weighted by Crippen LogP contribution is 2.37. The van der Waals surface area contributed by atoms with Crippen molar-refractivity contribution < 1.29 is 18.7 Å². The van der Waals surface area contributed by atoms with Gasteiger partial charge in [0, 0.05) is 13.0 Å². The maximum atomic E-state index is 12.3. The van der Waals surface area contributed by atoms with Gasteiger partial charge in [-0.15, -0.1) is 0 Å². The van der Waals surface area contributed by atoms with Crippen LogP contribution in [0, 0.1) is 11.8 Å². The number of benzene rings is 1. The van der Waals surface area contributed by atoms with Crippen LogP contribution < -0.4 is 4.74 Å². The lowest BCUT2D eigenvalue weighted by Crippen LogP contribution is -2.43. The highest BCUT2D eigenvalue weighted by atomic mass is 28.4. The molecule has 1 aromatic rings. The summed E-state index contributed by atoms with van der Waals surface area (Å²) in [5.74, 6) is 6.96. The molecule has 0 fully saturated rings. The van der Waals surface area contributed by atoms with Gasteiger partial charge in [0.2, 0.25) is 5.78 Å². The van der Waals surface area contributed by atoms with Gasteiger partial charge in [0.25, 0.3) is 0 Å². The Hall–Kier alpha value is -1.61. The summed E-state index contributed by atoms with van der Waals surface area (Å²) in [5.41, 5.74) is 1.16. The molecule has 34 heavy (non-hydrogen) atoms. The summed E-state index contributed by atoms with van der Waals surface area (Å²) < 4.78 is 17.4. The van der Waals surface area contributed by atoms with Crippen LogP contribution in [0.2, 0.25) is 18.1 Å². The minimum Gasteiger partial charge on any atom is -0.497 e. The molecule has 0 spiro atoms. The normalized spacial score (nSPS) is 12.7. The van der Waals surface area contributed by atoms with E-state index in [0.717, 1.165) is 69.3 Å². The van der Waals surface area contributed by atoms with Gasteiger partial charge in [0.15, 0.2) is 8.32 Å². The van der Waals surface area contributed by atoms with Gasteiger partial charge in [-0.2, -0.15) is 0 Å². The molecule has 0 radical (unpaired) electrons. The smallest absolute Gasteiger partial charge is 0.205 e. The molecule has 0 unspecified atom stereocenters. The minimum atomic E-state index is -1.89. The standard InChI is InChI=1S/C29H48O4Si/c1-8-9-16-28(33-34(6,7)29(2,3)4)22-19-26(30)15-13-11-10-12-14-23-32-24-25-17-20-27(31-5)21-18-25/h17-18,20-21,28H,8-16,23-24H2,1-7H3/t28-/m1/s1. The van der Waals surface area contributed by atoms with Gasteiger partial charge in [-0.3, -0.25) is 4.79 Å². The van der Waals surface area contributed by atoms with Crippen LogP contribution in [0.15, 0.2) is 24.3 Å². The topological polar surface area (TPSA) is 44.8 Å². The molecule has 0 N–H and O–H groups in total. The molecule has 0 heterocycles. The van der Waals surface area contributed by atoms with Crippen LogP contribution >= 0.6 is 0 Å². The Balaban J connectivity index is 2.22. The fourth-order valence-corrected chi connectivity index (χ4v) is 4.48. The number of methoxy groups -OCH3 is 1. The molecule has 0 aliphatic carbocycles. The molecule has 0 aliphatic heterocycles. The zero-order chi connectivity index (χ0) is 25.5. The molecule has 0 bridgehead atoms. The Labute approximate surface area is 210 Å². The Morgan fingerprint density at radius 3 is 2.26 bits per heavy atom. The molecule has 4 nitrogen and oxygen atoms in total. The average molecular weight is 489 g/mol. The lowest BCUT2D eigenvalue weighted by atomic mass is 10.1. The highest BCUT2D eigenvalue weighted by Gasteiger charge is 2.38. The fraction of sp³-hybridized carbons (Fsp3) is 0.690. The maximum Gasteiger partial charge on any atom is 0.205 e. The van der Waals surface area contributed by atoms with Crippen molar-refractivity contribution in [2.75, 3.05) is 13.7 Å². The third kappa shape index (κ3) is 12.7. The molecule has 1 aromatic carbocycles. The van der Waals surface area contributed by atoms with Crippen LogP contribution in [0.5, 0.6) is 5.75 Å². The summed E-state index contributed by atoms with van der Waals surface area (Å²) in [7, 11) is -0.221. The van der Waals surface area contributed by atoms with Gasteiger partial charge in [0.1, 0.15) is 11.9 Å². The van der Waals surface area contributed by atoms with E-state index in [0.29, 0.717) is 13.0 Å². The van der Waals surface area contributed by atoms with Crippen molar-refractivity contribution >= 4 is 14.1 Å². The van der Waals surface area contributed by atoms with Crippen molar-refractivity contribution in [1.29, 1.82) is 0 Å². The summed E-state index contributed by atoms with van der Waals surface area (Å²) in [6.45, 7) is 14.8. The van der Waals surface area contributed by atoms with E-state index in [1.54, 1.807) is 7.11 Å².